The maximum Gasteiger partial charge on any atom is 0.338 e. The number of imide groups is 1. The van der Waals surface area contributed by atoms with Gasteiger partial charge in [0, 0.05) is 17.5 Å². The zero-order valence-corrected chi connectivity index (χ0v) is 23.2. The Labute approximate surface area is 243 Å². The van der Waals surface area contributed by atoms with E-state index in [2.05, 4.69) is 29.6 Å². The molecule has 2 atom stereocenters. The third-order valence-corrected chi connectivity index (χ3v) is 8.93. The molecule has 208 valence electrons. The fourth-order valence-electron chi connectivity index (χ4n) is 6.91. The van der Waals surface area contributed by atoms with Crippen LogP contribution < -0.4 is 10.2 Å². The minimum absolute atomic E-state index is 0.182. The van der Waals surface area contributed by atoms with E-state index in [1.54, 1.807) is 18.2 Å². The highest BCUT2D eigenvalue weighted by Crippen LogP contribution is 2.61. The van der Waals surface area contributed by atoms with Crippen LogP contribution in [0.1, 0.15) is 55.6 Å². The zero-order chi connectivity index (χ0) is 29.1. The van der Waals surface area contributed by atoms with E-state index in [-0.39, 0.29) is 29.2 Å². The van der Waals surface area contributed by atoms with E-state index in [0.29, 0.717) is 11.4 Å². The van der Waals surface area contributed by atoms with Gasteiger partial charge in [0.2, 0.25) is 11.8 Å². The maximum atomic E-state index is 13.9. The Morgan fingerprint density at radius 2 is 1.24 bits per heavy atom. The lowest BCUT2D eigenvalue weighted by molar-refractivity contribution is -0.122. The predicted molar refractivity (Wildman–Crippen MR) is 157 cm³/mol. The van der Waals surface area contributed by atoms with Crippen LogP contribution in [0.4, 0.5) is 11.4 Å². The molecule has 7 heteroatoms. The lowest BCUT2D eigenvalue weighted by atomic mass is 9.55. The summed E-state index contributed by atoms with van der Waals surface area (Å²) < 4.78 is 5.21. The lowest BCUT2D eigenvalue weighted by Crippen LogP contribution is -2.41. The highest BCUT2D eigenvalue weighted by Gasteiger charge is 2.61. The van der Waals surface area contributed by atoms with E-state index in [4.69, 9.17) is 4.74 Å². The number of anilines is 2. The van der Waals surface area contributed by atoms with Crippen molar-refractivity contribution >= 4 is 35.1 Å². The second kappa shape index (κ2) is 9.80. The van der Waals surface area contributed by atoms with Gasteiger partial charge in [0.1, 0.15) is 0 Å². The summed E-state index contributed by atoms with van der Waals surface area (Å²) in [6.45, 7) is 3.50. The fourth-order valence-corrected chi connectivity index (χ4v) is 6.91. The van der Waals surface area contributed by atoms with Gasteiger partial charge in [0.15, 0.2) is 6.61 Å². The highest BCUT2D eigenvalue weighted by molar-refractivity contribution is 6.23. The second-order valence-electron chi connectivity index (χ2n) is 11.2. The molecule has 1 heterocycles. The van der Waals surface area contributed by atoms with E-state index in [0.717, 1.165) is 33.4 Å². The SMILES string of the molecule is Cc1ccc(NC(=O)COC(=O)c2ccc(N3C(=O)[C@@H]4C5c6ccccc6C(c6ccccc65)[C@H]4C3=O)cc2)cc1C. The average Bonchev–Trinajstić information content (AvgIpc) is 3.28. The molecule has 4 aromatic rings. The van der Waals surface area contributed by atoms with Crippen LogP contribution >= 0.6 is 0 Å². The van der Waals surface area contributed by atoms with Crippen LogP contribution in [-0.2, 0) is 19.1 Å². The standard InChI is InChI=1S/C35H28N2O5/c1-19-11-14-22(17-20(19)2)36-28(38)18-42-35(41)21-12-15-23(16-13-21)37-33(39)31-29-24-7-3-4-8-25(24)30(32(31)34(37)40)27-10-6-5-9-26(27)29/h3-17,29-32H,18H2,1-2H3,(H,36,38)/t29?,30?,31-,32-/m1/s1. The number of amides is 3. The van der Waals surface area contributed by atoms with Crippen LogP contribution in [0.2, 0.25) is 0 Å². The van der Waals surface area contributed by atoms with Crippen LogP contribution in [0.25, 0.3) is 0 Å². The van der Waals surface area contributed by atoms with Crippen LogP contribution in [0, 0.1) is 25.7 Å². The molecular formula is C35H28N2O5. The summed E-state index contributed by atoms with van der Waals surface area (Å²) in [7, 11) is 0. The van der Waals surface area contributed by atoms with Gasteiger partial charge in [-0.2, -0.15) is 0 Å². The van der Waals surface area contributed by atoms with E-state index in [1.165, 1.54) is 17.0 Å². The number of nitrogens with one attached hydrogen (secondary N) is 1. The number of hydrogen-bond acceptors (Lipinski definition) is 5. The molecular weight excluding hydrogens is 528 g/mol. The van der Waals surface area contributed by atoms with Crippen molar-refractivity contribution in [2.75, 3.05) is 16.8 Å². The number of carbonyl (C=O) groups is 4. The van der Waals surface area contributed by atoms with Crippen LogP contribution in [0.5, 0.6) is 0 Å². The first-order chi connectivity index (χ1) is 20.3. The number of carbonyl (C=O) groups excluding carboxylic acids is 4. The predicted octanol–water partition coefficient (Wildman–Crippen LogP) is 5.50. The van der Waals surface area contributed by atoms with Crippen molar-refractivity contribution in [3.63, 3.8) is 0 Å². The van der Waals surface area contributed by atoms with Crippen LogP contribution in [0.3, 0.4) is 0 Å². The minimum atomic E-state index is -0.673. The van der Waals surface area contributed by atoms with Crippen molar-refractivity contribution in [2.45, 2.75) is 25.7 Å². The summed E-state index contributed by atoms with van der Waals surface area (Å²) in [4.78, 5) is 54.1. The number of benzene rings is 4. The second-order valence-corrected chi connectivity index (χ2v) is 11.2. The van der Waals surface area contributed by atoms with Crippen molar-refractivity contribution in [1.29, 1.82) is 0 Å². The molecule has 1 fully saturated rings. The molecule has 0 spiro atoms. The van der Waals surface area contributed by atoms with Crippen LogP contribution in [-0.4, -0.2) is 30.3 Å². The van der Waals surface area contributed by atoms with Gasteiger partial charge in [-0.15, -0.1) is 0 Å². The molecule has 4 aromatic carbocycles. The zero-order valence-electron chi connectivity index (χ0n) is 23.2. The molecule has 0 radical (unpaired) electrons. The molecule has 0 aromatic heterocycles. The highest BCUT2D eigenvalue weighted by atomic mass is 16.5. The number of rotatable bonds is 5. The number of aryl methyl sites for hydroxylation is 2. The Morgan fingerprint density at radius 1 is 0.714 bits per heavy atom. The van der Waals surface area contributed by atoms with E-state index >= 15 is 0 Å². The summed E-state index contributed by atoms with van der Waals surface area (Å²) >= 11 is 0. The molecule has 3 aliphatic carbocycles. The monoisotopic (exact) mass is 556 g/mol. The molecule has 7 nitrogen and oxygen atoms in total. The molecule has 1 saturated heterocycles. The average molecular weight is 557 g/mol. The Bertz CT molecular complexity index is 1680. The summed E-state index contributed by atoms with van der Waals surface area (Å²) in [5.74, 6) is -2.88. The molecule has 2 bridgehead atoms. The van der Waals surface area contributed by atoms with Gasteiger partial charge < -0.3 is 10.1 Å². The Morgan fingerprint density at radius 3 is 1.74 bits per heavy atom. The Hall–Kier alpha value is -5.04. The number of esters is 1. The van der Waals surface area contributed by atoms with Crippen molar-refractivity contribution in [1.82, 2.24) is 0 Å². The normalized spacial score (nSPS) is 21.4. The van der Waals surface area contributed by atoms with E-state index < -0.39 is 30.3 Å². The molecule has 4 aliphatic rings. The summed E-state index contributed by atoms with van der Waals surface area (Å²) in [6, 6.07) is 28.0. The smallest absolute Gasteiger partial charge is 0.338 e. The molecule has 42 heavy (non-hydrogen) atoms. The third-order valence-electron chi connectivity index (χ3n) is 8.93. The fraction of sp³-hybridized carbons (Fsp3) is 0.200. The van der Waals surface area contributed by atoms with Gasteiger partial charge in [-0.3, -0.25) is 14.4 Å². The van der Waals surface area contributed by atoms with Gasteiger partial charge in [-0.05, 0) is 83.6 Å². The first kappa shape index (κ1) is 25.9. The van der Waals surface area contributed by atoms with Gasteiger partial charge in [-0.1, -0.05) is 54.6 Å². The van der Waals surface area contributed by atoms with Crippen molar-refractivity contribution in [2.24, 2.45) is 11.8 Å². The molecule has 0 unspecified atom stereocenters. The first-order valence-electron chi connectivity index (χ1n) is 14.0. The Balaban J connectivity index is 1.08. The molecule has 3 amide bonds. The van der Waals surface area contributed by atoms with E-state index in [9.17, 15) is 19.2 Å². The Kier molecular flexibility index (Phi) is 6.04. The summed E-state index contributed by atoms with van der Waals surface area (Å²) in [5, 5.41) is 2.72. The molecule has 0 saturated carbocycles. The lowest BCUT2D eigenvalue weighted by Gasteiger charge is -2.45. The molecule has 1 aliphatic heterocycles. The molecule has 1 N–H and O–H groups in total. The minimum Gasteiger partial charge on any atom is -0.452 e. The third kappa shape index (κ3) is 3.96. The van der Waals surface area contributed by atoms with Gasteiger partial charge in [0.25, 0.3) is 5.91 Å². The quantitative estimate of drug-likeness (QED) is 0.259. The number of hydrogen-bond donors (Lipinski definition) is 1. The molecule has 8 rings (SSSR count). The first-order valence-corrected chi connectivity index (χ1v) is 14.0. The van der Waals surface area contributed by atoms with Crippen molar-refractivity contribution in [3.05, 3.63) is 130 Å². The van der Waals surface area contributed by atoms with Crippen molar-refractivity contribution in [3.8, 4) is 0 Å². The van der Waals surface area contributed by atoms with Crippen molar-refractivity contribution < 1.29 is 23.9 Å². The van der Waals surface area contributed by atoms with Gasteiger partial charge in [-0.25, -0.2) is 9.69 Å². The topological polar surface area (TPSA) is 92.8 Å². The maximum absolute atomic E-state index is 13.9. The van der Waals surface area contributed by atoms with E-state index in [1.807, 2.05) is 50.2 Å². The summed E-state index contributed by atoms with van der Waals surface area (Å²) in [6.07, 6.45) is 0. The number of ether oxygens (including phenoxy) is 1. The van der Waals surface area contributed by atoms with Crippen LogP contribution in [0.15, 0.2) is 91.0 Å². The van der Waals surface area contributed by atoms with Gasteiger partial charge >= 0.3 is 5.97 Å². The summed E-state index contributed by atoms with van der Waals surface area (Å²) in [5.41, 5.74) is 7.88. The largest absolute Gasteiger partial charge is 0.452 e. The number of nitrogens with zero attached hydrogens (tertiary/aromatic N) is 1. The van der Waals surface area contributed by atoms with Gasteiger partial charge in [0.05, 0.1) is 23.1 Å².